The number of halogens is 3. The minimum absolute atomic E-state index is 0.103. The molecular weight excluding hydrogens is 369 g/mol. The fraction of sp³-hybridized carbons (Fsp3) is 0.188. The van der Waals surface area contributed by atoms with Crippen LogP contribution in [0.3, 0.4) is 0 Å². The molecule has 6 nitrogen and oxygen atoms in total. The topological polar surface area (TPSA) is 79.2 Å². The van der Waals surface area contributed by atoms with Crippen LogP contribution in [0.5, 0.6) is 0 Å². The summed E-state index contributed by atoms with van der Waals surface area (Å²) >= 11 is 5.09. The Morgan fingerprint density at radius 2 is 1.77 bits per heavy atom. The van der Waals surface area contributed by atoms with Gasteiger partial charge in [0.25, 0.3) is 5.69 Å². The van der Waals surface area contributed by atoms with Gasteiger partial charge in [0.05, 0.1) is 10.5 Å². The van der Waals surface area contributed by atoms with Crippen molar-refractivity contribution >= 4 is 34.4 Å². The van der Waals surface area contributed by atoms with Gasteiger partial charge in [-0.25, -0.2) is 0 Å². The van der Waals surface area contributed by atoms with Crippen LogP contribution in [0, 0.1) is 24.0 Å². The number of hydrazine groups is 1. The molecule has 0 aliphatic rings. The molecule has 0 spiro atoms. The van der Waals surface area contributed by atoms with Gasteiger partial charge in [-0.15, -0.1) is 0 Å². The Kier molecular flexibility index (Phi) is 5.66. The second-order valence-corrected chi connectivity index (χ2v) is 5.92. The maximum atomic E-state index is 12.7. The van der Waals surface area contributed by atoms with E-state index in [0.29, 0.717) is 6.07 Å². The summed E-state index contributed by atoms with van der Waals surface area (Å²) in [6.45, 7) is 3.82. The summed E-state index contributed by atoms with van der Waals surface area (Å²) < 4.78 is 38.1. The van der Waals surface area contributed by atoms with Crippen molar-refractivity contribution in [2.24, 2.45) is 0 Å². The molecule has 0 amide bonds. The van der Waals surface area contributed by atoms with Crippen molar-refractivity contribution in [2.45, 2.75) is 20.0 Å². The number of thiocarbonyl (C=S) groups is 1. The lowest BCUT2D eigenvalue weighted by Gasteiger charge is -2.15. The van der Waals surface area contributed by atoms with Crippen LogP contribution >= 0.6 is 12.2 Å². The lowest BCUT2D eigenvalue weighted by atomic mass is 10.1. The summed E-state index contributed by atoms with van der Waals surface area (Å²) in [5.41, 5.74) is 5.76. The van der Waals surface area contributed by atoms with E-state index in [9.17, 15) is 23.3 Å². The molecular formula is C16H15F3N4O2S. The number of benzene rings is 2. The molecule has 0 bridgehead atoms. The van der Waals surface area contributed by atoms with Crippen molar-refractivity contribution in [1.82, 2.24) is 5.43 Å². The standard InChI is InChI=1S/C16H15F3N4O2S/c1-9-3-5-12(10(2)7-9)20-15(26)22-21-13-6-4-11(16(17,18)19)8-14(13)23(24)25/h3-8,21H,1-2H3,(H2,20,22,26). The van der Waals surface area contributed by atoms with Crippen molar-refractivity contribution in [2.75, 3.05) is 10.7 Å². The zero-order valence-corrected chi connectivity index (χ0v) is 14.6. The minimum Gasteiger partial charge on any atom is -0.331 e. The number of hydrogen-bond donors (Lipinski definition) is 3. The Hall–Kier alpha value is -2.88. The van der Waals surface area contributed by atoms with E-state index in [4.69, 9.17) is 12.2 Å². The monoisotopic (exact) mass is 384 g/mol. The Bertz CT molecular complexity index is 856. The van der Waals surface area contributed by atoms with Gasteiger partial charge >= 0.3 is 6.18 Å². The van der Waals surface area contributed by atoms with Crippen LogP contribution in [-0.2, 0) is 6.18 Å². The Morgan fingerprint density at radius 3 is 2.35 bits per heavy atom. The predicted molar refractivity (Wildman–Crippen MR) is 97.0 cm³/mol. The Balaban J connectivity index is 2.11. The fourth-order valence-electron chi connectivity index (χ4n) is 2.20. The first-order valence-electron chi connectivity index (χ1n) is 7.34. The first kappa shape index (κ1) is 19.4. The summed E-state index contributed by atoms with van der Waals surface area (Å²) in [4.78, 5) is 10.1. The van der Waals surface area contributed by atoms with Gasteiger partial charge in [0, 0.05) is 11.8 Å². The molecule has 3 N–H and O–H groups in total. The normalized spacial score (nSPS) is 11.0. The Labute approximate surface area is 152 Å². The van der Waals surface area contributed by atoms with Gasteiger partial charge < -0.3 is 5.32 Å². The zero-order valence-electron chi connectivity index (χ0n) is 13.8. The third-order valence-electron chi connectivity index (χ3n) is 3.46. The van der Waals surface area contributed by atoms with Crippen LogP contribution < -0.4 is 16.2 Å². The van der Waals surface area contributed by atoms with Crippen LogP contribution in [0.2, 0.25) is 0 Å². The average molecular weight is 384 g/mol. The summed E-state index contributed by atoms with van der Waals surface area (Å²) in [6.07, 6.45) is -4.67. The molecule has 26 heavy (non-hydrogen) atoms. The number of nitro benzene ring substituents is 1. The number of nitrogens with zero attached hydrogens (tertiary/aromatic N) is 1. The number of aryl methyl sites for hydroxylation is 2. The van der Waals surface area contributed by atoms with E-state index in [1.807, 2.05) is 32.0 Å². The smallest absolute Gasteiger partial charge is 0.331 e. The lowest BCUT2D eigenvalue weighted by molar-refractivity contribution is -0.384. The van der Waals surface area contributed by atoms with E-state index in [0.717, 1.165) is 28.9 Å². The molecule has 0 saturated heterocycles. The van der Waals surface area contributed by atoms with Crippen LogP contribution in [-0.4, -0.2) is 10.0 Å². The number of nitrogens with one attached hydrogen (secondary N) is 3. The summed E-state index contributed by atoms with van der Waals surface area (Å²) in [5, 5.41) is 14.0. The van der Waals surface area contributed by atoms with Gasteiger partial charge in [0.1, 0.15) is 5.69 Å². The van der Waals surface area contributed by atoms with Crippen molar-refractivity contribution in [3.63, 3.8) is 0 Å². The van der Waals surface area contributed by atoms with Crippen LogP contribution in [0.25, 0.3) is 0 Å². The first-order chi connectivity index (χ1) is 12.1. The predicted octanol–water partition coefficient (Wildman–Crippen LogP) is 4.54. The van der Waals surface area contributed by atoms with Crippen molar-refractivity contribution in [1.29, 1.82) is 0 Å². The molecule has 0 radical (unpaired) electrons. The molecule has 0 aliphatic carbocycles. The van der Waals surface area contributed by atoms with Crippen LogP contribution in [0.4, 0.5) is 30.2 Å². The van der Waals surface area contributed by atoms with Gasteiger partial charge in [-0.1, -0.05) is 17.7 Å². The third kappa shape index (κ3) is 4.82. The maximum Gasteiger partial charge on any atom is 0.416 e. The van der Waals surface area contributed by atoms with E-state index in [2.05, 4.69) is 16.2 Å². The third-order valence-corrected chi connectivity index (χ3v) is 3.67. The first-order valence-corrected chi connectivity index (χ1v) is 7.74. The highest BCUT2D eigenvalue weighted by molar-refractivity contribution is 7.80. The SMILES string of the molecule is Cc1ccc(NC(=S)NNc2ccc(C(F)(F)F)cc2[N+](=O)[O-])c(C)c1. The second-order valence-electron chi connectivity index (χ2n) is 5.51. The van der Waals surface area contributed by atoms with Gasteiger partial charge in [-0.3, -0.25) is 21.0 Å². The van der Waals surface area contributed by atoms with Crippen molar-refractivity contribution < 1.29 is 18.1 Å². The fourth-order valence-corrected chi connectivity index (χ4v) is 2.36. The molecule has 138 valence electrons. The molecule has 10 heteroatoms. The highest BCUT2D eigenvalue weighted by atomic mass is 32.1. The van der Waals surface area contributed by atoms with E-state index < -0.39 is 22.4 Å². The molecule has 0 aliphatic heterocycles. The summed E-state index contributed by atoms with van der Waals surface area (Å²) in [5.74, 6) is 0. The molecule has 0 atom stereocenters. The van der Waals surface area contributed by atoms with Crippen LogP contribution in [0.15, 0.2) is 36.4 Å². The Morgan fingerprint density at radius 1 is 1.12 bits per heavy atom. The molecule has 2 rings (SSSR count). The van der Waals surface area contributed by atoms with Crippen LogP contribution in [0.1, 0.15) is 16.7 Å². The van der Waals surface area contributed by atoms with Gasteiger partial charge in [-0.05, 0) is 49.8 Å². The molecule has 0 unspecified atom stereocenters. The van der Waals surface area contributed by atoms with Crippen molar-refractivity contribution in [3.05, 3.63) is 63.2 Å². The van der Waals surface area contributed by atoms with E-state index in [1.165, 1.54) is 0 Å². The molecule has 0 fully saturated rings. The molecule has 0 saturated carbocycles. The number of alkyl halides is 3. The second kappa shape index (κ2) is 7.56. The van der Waals surface area contributed by atoms with Gasteiger partial charge in [-0.2, -0.15) is 13.2 Å². The molecule has 2 aromatic carbocycles. The zero-order chi connectivity index (χ0) is 19.5. The number of rotatable bonds is 4. The number of nitro groups is 1. The van der Waals surface area contributed by atoms with E-state index in [1.54, 1.807) is 0 Å². The highest BCUT2D eigenvalue weighted by Gasteiger charge is 2.33. The maximum absolute atomic E-state index is 12.7. The molecule has 0 aromatic heterocycles. The number of anilines is 2. The van der Waals surface area contributed by atoms with E-state index >= 15 is 0 Å². The largest absolute Gasteiger partial charge is 0.416 e. The van der Waals surface area contributed by atoms with Crippen molar-refractivity contribution in [3.8, 4) is 0 Å². The number of hydrogen-bond acceptors (Lipinski definition) is 4. The van der Waals surface area contributed by atoms with Gasteiger partial charge in [0.15, 0.2) is 5.11 Å². The lowest BCUT2D eigenvalue weighted by Crippen LogP contribution is -2.33. The quantitative estimate of drug-likeness (QED) is 0.408. The van der Waals surface area contributed by atoms with E-state index in [-0.39, 0.29) is 10.8 Å². The average Bonchev–Trinajstić information content (AvgIpc) is 2.54. The molecule has 2 aromatic rings. The highest BCUT2D eigenvalue weighted by Crippen LogP contribution is 2.34. The summed E-state index contributed by atoms with van der Waals surface area (Å²) in [6, 6.07) is 7.82. The molecule has 0 heterocycles. The minimum atomic E-state index is -4.67. The summed E-state index contributed by atoms with van der Waals surface area (Å²) in [7, 11) is 0. The van der Waals surface area contributed by atoms with Gasteiger partial charge in [0.2, 0.25) is 0 Å².